The molecular formula is C32H29FN4O4. The maximum Gasteiger partial charge on any atom is 0.335 e. The normalized spacial score (nSPS) is 17.1. The van der Waals surface area contributed by atoms with E-state index in [1.54, 1.807) is 36.4 Å². The van der Waals surface area contributed by atoms with Crippen molar-refractivity contribution in [3.8, 4) is 18.2 Å². The Hall–Kier alpha value is -4.52. The first kappa shape index (κ1) is 26.7. The molecule has 0 saturated carbocycles. The van der Waals surface area contributed by atoms with Crippen molar-refractivity contribution in [1.82, 2.24) is 19.4 Å². The van der Waals surface area contributed by atoms with Gasteiger partial charge >= 0.3 is 5.97 Å². The molecule has 0 spiro atoms. The minimum absolute atomic E-state index is 0.0564. The van der Waals surface area contributed by atoms with E-state index < -0.39 is 11.8 Å². The molecule has 1 N–H and O–H groups in total. The number of terminal acetylenes is 1. The number of halogens is 1. The second kappa shape index (κ2) is 11.5. The third-order valence-corrected chi connectivity index (χ3v) is 7.56. The molecule has 4 heterocycles. The third-order valence-electron chi connectivity index (χ3n) is 7.56. The fourth-order valence-corrected chi connectivity index (χ4v) is 5.13. The zero-order valence-electron chi connectivity index (χ0n) is 22.4. The van der Waals surface area contributed by atoms with E-state index in [0.29, 0.717) is 30.1 Å². The van der Waals surface area contributed by atoms with E-state index >= 15 is 0 Å². The lowest BCUT2D eigenvalue weighted by molar-refractivity contribution is -0.0591. The second-order valence-corrected chi connectivity index (χ2v) is 10.2. The molecule has 2 aromatic carbocycles. The molecule has 2 aromatic heterocycles. The van der Waals surface area contributed by atoms with Crippen molar-refractivity contribution in [3.05, 3.63) is 94.7 Å². The van der Waals surface area contributed by atoms with Gasteiger partial charge in [0.05, 0.1) is 41.5 Å². The second-order valence-electron chi connectivity index (χ2n) is 10.2. The Kier molecular flexibility index (Phi) is 7.51. The van der Waals surface area contributed by atoms with Gasteiger partial charge in [0, 0.05) is 36.9 Å². The molecule has 8 nitrogen and oxygen atoms in total. The molecule has 1 saturated heterocycles. The van der Waals surface area contributed by atoms with Crippen LogP contribution >= 0.6 is 0 Å². The first-order valence-corrected chi connectivity index (χ1v) is 13.6. The number of carboxylic acid groups (broad SMARTS) is 1. The molecule has 6 rings (SSSR count). The van der Waals surface area contributed by atoms with Crippen molar-refractivity contribution in [1.29, 1.82) is 0 Å². The van der Waals surface area contributed by atoms with E-state index in [2.05, 4.69) is 26.4 Å². The van der Waals surface area contributed by atoms with Gasteiger partial charge in [-0.15, -0.1) is 6.42 Å². The zero-order valence-corrected chi connectivity index (χ0v) is 22.4. The molecule has 208 valence electrons. The molecule has 2 aliphatic heterocycles. The molecule has 9 heteroatoms. The maximum atomic E-state index is 14.3. The van der Waals surface area contributed by atoms with E-state index in [4.69, 9.17) is 20.9 Å². The van der Waals surface area contributed by atoms with E-state index in [1.165, 1.54) is 6.07 Å². The Morgan fingerprint density at radius 1 is 1.20 bits per heavy atom. The lowest BCUT2D eigenvalue weighted by atomic mass is 10.0. The van der Waals surface area contributed by atoms with E-state index in [1.807, 2.05) is 12.1 Å². The van der Waals surface area contributed by atoms with Crippen LogP contribution in [0.15, 0.2) is 60.7 Å². The minimum atomic E-state index is -0.955. The number of carbonyl (C=O) groups is 1. The molecule has 4 aromatic rings. The van der Waals surface area contributed by atoms with Crippen LogP contribution in [-0.4, -0.2) is 56.3 Å². The van der Waals surface area contributed by atoms with Gasteiger partial charge in [0.2, 0.25) is 5.88 Å². The molecular weight excluding hydrogens is 523 g/mol. The average molecular weight is 553 g/mol. The SMILES string of the molecule is C#Cc1ccc(COc2cccc(C3=CCN(Cc4nc5ccc(C(=O)O)cc5n4C[C@@H]4CCO4)CC3)n2)c(F)c1. The summed E-state index contributed by atoms with van der Waals surface area (Å²) in [6.07, 6.45) is 9.40. The van der Waals surface area contributed by atoms with Crippen LogP contribution in [0, 0.1) is 18.2 Å². The molecule has 0 aliphatic carbocycles. The molecule has 0 unspecified atom stereocenters. The van der Waals surface area contributed by atoms with Crippen LogP contribution in [0.2, 0.25) is 0 Å². The quantitative estimate of drug-likeness (QED) is 0.295. The molecule has 41 heavy (non-hydrogen) atoms. The smallest absolute Gasteiger partial charge is 0.335 e. The monoisotopic (exact) mass is 552 g/mol. The number of benzene rings is 2. The first-order chi connectivity index (χ1) is 20.0. The lowest BCUT2D eigenvalue weighted by Crippen LogP contribution is -2.33. The highest BCUT2D eigenvalue weighted by molar-refractivity contribution is 5.92. The zero-order chi connectivity index (χ0) is 28.3. The summed E-state index contributed by atoms with van der Waals surface area (Å²) in [5, 5.41) is 9.49. The first-order valence-electron chi connectivity index (χ1n) is 13.6. The van der Waals surface area contributed by atoms with Crippen molar-refractivity contribution in [3.63, 3.8) is 0 Å². The van der Waals surface area contributed by atoms with E-state index in [9.17, 15) is 14.3 Å². The van der Waals surface area contributed by atoms with Gasteiger partial charge in [-0.2, -0.15) is 0 Å². The number of carboxylic acids is 1. The van der Waals surface area contributed by atoms with Crippen molar-refractivity contribution in [2.24, 2.45) is 0 Å². The summed E-state index contributed by atoms with van der Waals surface area (Å²) in [6, 6.07) is 15.3. The highest BCUT2D eigenvalue weighted by atomic mass is 19.1. The molecule has 0 bridgehead atoms. The number of pyridine rings is 1. The van der Waals surface area contributed by atoms with E-state index in [-0.39, 0.29) is 18.3 Å². The van der Waals surface area contributed by atoms with Crippen LogP contribution in [0.1, 0.15) is 45.8 Å². The topological polar surface area (TPSA) is 89.7 Å². The van der Waals surface area contributed by atoms with Gasteiger partial charge in [-0.05, 0) is 54.8 Å². The Labute approximate surface area is 237 Å². The Bertz CT molecular complexity index is 1690. The summed E-state index contributed by atoms with van der Waals surface area (Å²) in [7, 11) is 0. The molecule has 1 fully saturated rings. The number of hydrogen-bond donors (Lipinski definition) is 1. The van der Waals surface area contributed by atoms with Gasteiger partial charge in [0.1, 0.15) is 18.2 Å². The third kappa shape index (κ3) is 5.85. The highest BCUT2D eigenvalue weighted by Gasteiger charge is 2.24. The van der Waals surface area contributed by atoms with Crippen molar-refractivity contribution in [2.75, 3.05) is 19.7 Å². The number of imidazole rings is 1. The highest BCUT2D eigenvalue weighted by Crippen LogP contribution is 2.26. The Morgan fingerprint density at radius 3 is 2.78 bits per heavy atom. The number of aromatic nitrogens is 3. The number of rotatable bonds is 9. The number of fused-ring (bicyclic) bond motifs is 1. The van der Waals surface area contributed by atoms with Crippen LogP contribution in [0.3, 0.4) is 0 Å². The molecule has 2 aliphatic rings. The van der Waals surface area contributed by atoms with Crippen LogP contribution in [0.5, 0.6) is 5.88 Å². The number of hydrogen-bond acceptors (Lipinski definition) is 6. The fourth-order valence-electron chi connectivity index (χ4n) is 5.13. The van der Waals surface area contributed by atoms with Crippen LogP contribution in [-0.2, 0) is 24.4 Å². The fraction of sp³-hybridized carbons (Fsp3) is 0.281. The van der Waals surface area contributed by atoms with Crippen LogP contribution < -0.4 is 4.74 Å². The summed E-state index contributed by atoms with van der Waals surface area (Å²) in [4.78, 5) is 23.4. The van der Waals surface area contributed by atoms with E-state index in [0.717, 1.165) is 60.7 Å². The number of aromatic carboxylic acids is 1. The summed E-state index contributed by atoms with van der Waals surface area (Å²) in [6.45, 7) is 3.63. The number of ether oxygens (including phenoxy) is 2. The van der Waals surface area contributed by atoms with Gasteiger partial charge in [-0.25, -0.2) is 19.2 Å². The summed E-state index contributed by atoms with van der Waals surface area (Å²) in [5.41, 5.74) is 4.71. The Balaban J connectivity index is 1.14. The largest absolute Gasteiger partial charge is 0.478 e. The van der Waals surface area contributed by atoms with Crippen molar-refractivity contribution in [2.45, 2.75) is 38.6 Å². The van der Waals surface area contributed by atoms with Crippen molar-refractivity contribution < 1.29 is 23.8 Å². The van der Waals surface area contributed by atoms with Crippen molar-refractivity contribution >= 4 is 22.6 Å². The van der Waals surface area contributed by atoms with Crippen LogP contribution in [0.4, 0.5) is 4.39 Å². The summed E-state index contributed by atoms with van der Waals surface area (Å²) in [5.74, 6) is 2.39. The maximum absolute atomic E-state index is 14.3. The van der Waals surface area contributed by atoms with Gasteiger partial charge in [-0.3, -0.25) is 4.90 Å². The summed E-state index contributed by atoms with van der Waals surface area (Å²) >= 11 is 0. The van der Waals surface area contributed by atoms with Gasteiger partial charge in [-0.1, -0.05) is 24.1 Å². The number of nitrogens with zero attached hydrogens (tertiary/aromatic N) is 4. The molecule has 0 radical (unpaired) electrons. The van der Waals surface area contributed by atoms with Gasteiger partial charge < -0.3 is 19.1 Å². The molecule has 0 amide bonds. The average Bonchev–Trinajstić information content (AvgIpc) is 3.30. The Morgan fingerprint density at radius 2 is 2.07 bits per heavy atom. The standard InChI is InChI=1S/C32H29FN4O4/c1-2-21-6-7-24(26(33)16-21)20-41-31-5-3-4-27(35-31)22-10-13-36(14-11-22)19-30-34-28-9-8-23(32(38)39)17-29(28)37(30)18-25-12-15-40-25/h1,3-10,16-17,25H,11-15,18-20H2,(H,38,39)/t25-/m0/s1. The van der Waals surface area contributed by atoms with Gasteiger partial charge in [0.15, 0.2) is 0 Å². The predicted octanol–water partition coefficient (Wildman–Crippen LogP) is 4.91. The van der Waals surface area contributed by atoms with Gasteiger partial charge in [0.25, 0.3) is 0 Å². The lowest BCUT2D eigenvalue weighted by Gasteiger charge is -2.29. The summed E-state index contributed by atoms with van der Waals surface area (Å²) < 4.78 is 27.8. The minimum Gasteiger partial charge on any atom is -0.478 e. The molecule has 1 atom stereocenters. The van der Waals surface area contributed by atoms with Crippen LogP contribution in [0.25, 0.3) is 16.6 Å². The predicted molar refractivity (Wildman–Crippen MR) is 152 cm³/mol.